The number of nitrogens with zero attached hydrogens (tertiary/aromatic N) is 1. The van der Waals surface area contributed by atoms with Crippen LogP contribution in [0.3, 0.4) is 0 Å². The zero-order valence-electron chi connectivity index (χ0n) is 17.6. The Bertz CT molecular complexity index is 1390. The normalized spacial score (nSPS) is 14.0. The number of halogens is 1. The second-order valence-corrected chi connectivity index (χ2v) is 7.59. The first-order chi connectivity index (χ1) is 15.5. The molecule has 4 aromatic rings. The maximum atomic E-state index is 13.4. The van der Waals surface area contributed by atoms with E-state index in [1.54, 1.807) is 43.5 Å². The van der Waals surface area contributed by atoms with Crippen LogP contribution in [0.4, 0.5) is 4.39 Å². The number of hydrogen-bond donors (Lipinski definition) is 0. The van der Waals surface area contributed by atoms with E-state index in [4.69, 9.17) is 14.2 Å². The van der Waals surface area contributed by atoms with Gasteiger partial charge in [-0.25, -0.2) is 4.39 Å². The zero-order valence-corrected chi connectivity index (χ0v) is 17.6. The molecule has 5 nitrogen and oxygen atoms in total. The molecule has 32 heavy (non-hydrogen) atoms. The third kappa shape index (κ3) is 3.60. The molecule has 0 aliphatic carbocycles. The number of methoxy groups -OCH3 is 1. The Morgan fingerprint density at radius 3 is 2.72 bits per heavy atom. The summed E-state index contributed by atoms with van der Waals surface area (Å²) >= 11 is 0. The van der Waals surface area contributed by atoms with E-state index >= 15 is 0 Å². The lowest BCUT2D eigenvalue weighted by molar-refractivity contribution is 0.101. The van der Waals surface area contributed by atoms with Crippen molar-refractivity contribution in [3.05, 3.63) is 95.1 Å². The summed E-state index contributed by atoms with van der Waals surface area (Å²) < 4.78 is 32.3. The second-order valence-electron chi connectivity index (χ2n) is 7.59. The van der Waals surface area contributed by atoms with Crippen LogP contribution >= 0.6 is 0 Å². The van der Waals surface area contributed by atoms with Gasteiger partial charge >= 0.3 is 0 Å². The highest BCUT2D eigenvalue weighted by atomic mass is 19.1. The maximum absolute atomic E-state index is 13.4. The van der Waals surface area contributed by atoms with Crippen molar-refractivity contribution in [3.8, 4) is 17.2 Å². The van der Waals surface area contributed by atoms with Crippen molar-refractivity contribution >= 4 is 22.8 Å². The highest BCUT2D eigenvalue weighted by Gasteiger charge is 2.28. The molecule has 0 saturated heterocycles. The van der Waals surface area contributed by atoms with Crippen molar-refractivity contribution in [1.29, 1.82) is 0 Å². The number of carbonyl (C=O) groups is 1. The molecular formula is C26H20FNO4. The van der Waals surface area contributed by atoms with E-state index in [1.165, 1.54) is 12.1 Å². The first kappa shape index (κ1) is 19.9. The Morgan fingerprint density at radius 1 is 1.06 bits per heavy atom. The van der Waals surface area contributed by atoms with Gasteiger partial charge < -0.3 is 18.8 Å². The van der Waals surface area contributed by atoms with E-state index in [2.05, 4.69) is 0 Å². The molecule has 1 aliphatic rings. The lowest BCUT2D eigenvalue weighted by atomic mass is 10.1. The minimum absolute atomic E-state index is 0.184. The average Bonchev–Trinajstić information content (AvgIpc) is 3.28. The molecule has 1 aromatic heterocycles. The van der Waals surface area contributed by atoms with Gasteiger partial charge in [-0.2, -0.15) is 0 Å². The first-order valence-corrected chi connectivity index (χ1v) is 10.1. The maximum Gasteiger partial charge on any atom is 0.231 e. The molecular weight excluding hydrogens is 409 g/mol. The molecule has 6 heteroatoms. The van der Waals surface area contributed by atoms with Crippen LogP contribution in [0.2, 0.25) is 0 Å². The zero-order chi connectivity index (χ0) is 22.2. The van der Waals surface area contributed by atoms with Gasteiger partial charge in [-0.3, -0.25) is 4.79 Å². The van der Waals surface area contributed by atoms with Crippen LogP contribution in [0.1, 0.15) is 21.5 Å². The quantitative estimate of drug-likeness (QED) is 0.392. The van der Waals surface area contributed by atoms with Crippen molar-refractivity contribution in [2.45, 2.75) is 6.61 Å². The Kier molecular flexibility index (Phi) is 4.90. The standard InChI is InChI=1S/C26H20FNO4/c1-28-14-17(22-12-19(30-2)7-9-23(22)28)11-25-26(29)21-8-6-20(13-24(21)32-25)31-15-16-4-3-5-18(27)10-16/h3-14H,15H2,1-2H3/b25-11-. The third-order valence-corrected chi connectivity index (χ3v) is 5.45. The summed E-state index contributed by atoms with van der Waals surface area (Å²) in [6.45, 7) is 0.213. The summed E-state index contributed by atoms with van der Waals surface area (Å²) in [6.07, 6.45) is 3.70. The molecule has 0 fully saturated rings. The van der Waals surface area contributed by atoms with Crippen LogP contribution in [0.15, 0.2) is 72.6 Å². The van der Waals surface area contributed by atoms with Crippen molar-refractivity contribution in [3.63, 3.8) is 0 Å². The lowest BCUT2D eigenvalue weighted by Gasteiger charge is -2.07. The van der Waals surface area contributed by atoms with E-state index in [9.17, 15) is 9.18 Å². The van der Waals surface area contributed by atoms with Crippen LogP contribution in [-0.2, 0) is 13.7 Å². The first-order valence-electron chi connectivity index (χ1n) is 10.1. The topological polar surface area (TPSA) is 49.7 Å². The number of rotatable bonds is 5. The summed E-state index contributed by atoms with van der Waals surface area (Å²) in [5.41, 5.74) is 3.08. The fourth-order valence-electron chi connectivity index (χ4n) is 3.84. The molecule has 2 heterocycles. The van der Waals surface area contributed by atoms with E-state index in [0.29, 0.717) is 17.1 Å². The molecule has 0 spiro atoms. The molecule has 0 unspecified atom stereocenters. The van der Waals surface area contributed by atoms with Gasteiger partial charge in [0.15, 0.2) is 5.76 Å². The largest absolute Gasteiger partial charge is 0.497 e. The van der Waals surface area contributed by atoms with Crippen LogP contribution in [0.5, 0.6) is 17.2 Å². The van der Waals surface area contributed by atoms with Gasteiger partial charge in [-0.15, -0.1) is 0 Å². The minimum Gasteiger partial charge on any atom is -0.497 e. The van der Waals surface area contributed by atoms with Crippen LogP contribution in [-0.4, -0.2) is 17.5 Å². The molecule has 0 atom stereocenters. The van der Waals surface area contributed by atoms with Crippen molar-refractivity contribution in [2.75, 3.05) is 7.11 Å². The highest BCUT2D eigenvalue weighted by molar-refractivity contribution is 6.15. The number of allylic oxidation sites excluding steroid dienone is 1. The number of hydrogen-bond acceptors (Lipinski definition) is 4. The van der Waals surface area contributed by atoms with Gasteiger partial charge in [-0.1, -0.05) is 12.1 Å². The predicted octanol–water partition coefficient (Wildman–Crippen LogP) is 5.52. The fraction of sp³-hybridized carbons (Fsp3) is 0.115. The van der Waals surface area contributed by atoms with Gasteiger partial charge in [0.2, 0.25) is 5.78 Å². The second kappa shape index (κ2) is 7.89. The van der Waals surface area contributed by atoms with Gasteiger partial charge in [0.1, 0.15) is 29.7 Å². The number of aromatic nitrogens is 1. The monoisotopic (exact) mass is 429 g/mol. The van der Waals surface area contributed by atoms with E-state index in [1.807, 2.05) is 36.0 Å². The molecule has 3 aromatic carbocycles. The summed E-state index contributed by atoms with van der Waals surface area (Å²) in [5, 5.41) is 0.964. The summed E-state index contributed by atoms with van der Waals surface area (Å²) in [6, 6.07) is 17.1. The van der Waals surface area contributed by atoms with E-state index < -0.39 is 0 Å². The number of ether oxygens (including phenoxy) is 3. The Labute approximate surface area is 184 Å². The van der Waals surface area contributed by atoms with Gasteiger partial charge in [0, 0.05) is 35.8 Å². The average molecular weight is 429 g/mol. The van der Waals surface area contributed by atoms with Crippen molar-refractivity contribution in [1.82, 2.24) is 4.57 Å². The lowest BCUT2D eigenvalue weighted by Crippen LogP contribution is -1.98. The predicted molar refractivity (Wildman–Crippen MR) is 120 cm³/mol. The number of ketones is 1. The van der Waals surface area contributed by atoms with Gasteiger partial charge in [0.25, 0.3) is 0 Å². The molecule has 0 bridgehead atoms. The van der Waals surface area contributed by atoms with Crippen molar-refractivity contribution in [2.24, 2.45) is 7.05 Å². The third-order valence-electron chi connectivity index (χ3n) is 5.45. The van der Waals surface area contributed by atoms with Gasteiger partial charge in [0.05, 0.1) is 12.7 Å². The Morgan fingerprint density at radius 2 is 1.91 bits per heavy atom. The van der Waals surface area contributed by atoms with Gasteiger partial charge in [-0.05, 0) is 54.1 Å². The molecule has 0 radical (unpaired) electrons. The van der Waals surface area contributed by atoms with E-state index in [-0.39, 0.29) is 24.0 Å². The molecule has 1 aliphatic heterocycles. The molecule has 0 amide bonds. The fourth-order valence-corrected chi connectivity index (χ4v) is 3.84. The SMILES string of the molecule is COc1ccc2c(c1)c(/C=C1\Oc3cc(OCc4cccc(F)c4)ccc3C1=O)cn2C. The number of fused-ring (bicyclic) bond motifs is 2. The summed E-state index contributed by atoms with van der Waals surface area (Å²) in [4.78, 5) is 12.9. The molecule has 0 N–H and O–H groups in total. The summed E-state index contributed by atoms with van der Waals surface area (Å²) in [5.74, 6) is 1.47. The van der Waals surface area contributed by atoms with Crippen LogP contribution in [0, 0.1) is 5.82 Å². The molecule has 160 valence electrons. The number of carbonyl (C=O) groups excluding carboxylic acids is 1. The molecule has 0 saturated carbocycles. The van der Waals surface area contributed by atoms with Crippen LogP contribution in [0.25, 0.3) is 17.0 Å². The van der Waals surface area contributed by atoms with Crippen LogP contribution < -0.4 is 14.2 Å². The Hall–Kier alpha value is -4.06. The van der Waals surface area contributed by atoms with E-state index in [0.717, 1.165) is 27.8 Å². The highest BCUT2D eigenvalue weighted by Crippen LogP contribution is 2.36. The number of Topliss-reactive ketones (excluding diaryl/α,β-unsaturated/α-hetero) is 1. The van der Waals surface area contributed by atoms with Crippen molar-refractivity contribution < 1.29 is 23.4 Å². The smallest absolute Gasteiger partial charge is 0.231 e. The Balaban J connectivity index is 1.41. The minimum atomic E-state index is -0.310. The number of aryl methyl sites for hydroxylation is 1. The molecule has 5 rings (SSSR count). The summed E-state index contributed by atoms with van der Waals surface area (Å²) in [7, 11) is 3.57. The number of benzene rings is 3.